The summed E-state index contributed by atoms with van der Waals surface area (Å²) in [5.41, 5.74) is 1.75. The van der Waals surface area contributed by atoms with Crippen molar-refractivity contribution in [2.24, 2.45) is 0 Å². The van der Waals surface area contributed by atoms with E-state index in [0.717, 1.165) is 42.9 Å². The summed E-state index contributed by atoms with van der Waals surface area (Å²) in [4.78, 5) is 14.8. The molecular weight excluding hydrogens is 344 g/mol. The number of carbonyl (C=O) groups is 1. The van der Waals surface area contributed by atoms with E-state index in [9.17, 15) is 4.79 Å². The molecule has 1 fully saturated rings. The molecule has 0 bridgehead atoms. The molecular formula is C21H24N2O4. The molecule has 2 aliphatic heterocycles. The molecule has 2 heterocycles. The van der Waals surface area contributed by atoms with E-state index in [4.69, 9.17) is 14.2 Å². The Hall–Kier alpha value is -2.89. The van der Waals surface area contributed by atoms with Crippen molar-refractivity contribution in [1.82, 2.24) is 4.90 Å². The zero-order chi connectivity index (χ0) is 18.6. The van der Waals surface area contributed by atoms with E-state index in [1.807, 2.05) is 47.4 Å². The zero-order valence-electron chi connectivity index (χ0n) is 15.4. The molecule has 142 valence electrons. The molecule has 0 aromatic heterocycles. The first kappa shape index (κ1) is 17.5. The third kappa shape index (κ3) is 3.65. The second-order valence-corrected chi connectivity index (χ2v) is 6.74. The minimum atomic E-state index is -0.117. The number of benzene rings is 2. The average molecular weight is 368 g/mol. The van der Waals surface area contributed by atoms with Crippen molar-refractivity contribution in [3.8, 4) is 17.2 Å². The minimum Gasteiger partial charge on any atom is -0.495 e. The van der Waals surface area contributed by atoms with Gasteiger partial charge in [0.2, 0.25) is 0 Å². The maximum Gasteiger partial charge on any atom is 0.322 e. The highest BCUT2D eigenvalue weighted by atomic mass is 16.5. The Labute approximate surface area is 159 Å². The lowest BCUT2D eigenvalue weighted by Crippen LogP contribution is -2.34. The lowest BCUT2D eigenvalue weighted by Gasteiger charge is -2.26. The molecule has 4 rings (SSSR count). The van der Waals surface area contributed by atoms with Crippen LogP contribution in [0.5, 0.6) is 17.2 Å². The number of likely N-dealkylation sites (tertiary alicyclic amines) is 1. The topological polar surface area (TPSA) is 60.0 Å². The lowest BCUT2D eigenvalue weighted by molar-refractivity contribution is 0.207. The standard InChI is InChI=1S/C21H24N2O4/c1-25-18-8-3-2-6-16(18)22-21(24)23-11-4-7-17(23)15-9-10-19-20(14-15)27-13-5-12-26-19/h2-3,6,8-10,14,17H,4-5,7,11-13H2,1H3,(H,22,24)/t17-/m0/s1. The van der Waals surface area contributed by atoms with Crippen LogP contribution in [0.2, 0.25) is 0 Å². The number of urea groups is 1. The van der Waals surface area contributed by atoms with Crippen molar-refractivity contribution < 1.29 is 19.0 Å². The molecule has 2 aromatic rings. The Balaban J connectivity index is 1.53. The smallest absolute Gasteiger partial charge is 0.322 e. The molecule has 1 saturated heterocycles. The van der Waals surface area contributed by atoms with Crippen molar-refractivity contribution >= 4 is 11.7 Å². The van der Waals surface area contributed by atoms with Crippen LogP contribution >= 0.6 is 0 Å². The van der Waals surface area contributed by atoms with Gasteiger partial charge < -0.3 is 24.4 Å². The number of para-hydroxylation sites is 2. The van der Waals surface area contributed by atoms with Gasteiger partial charge in [0.25, 0.3) is 0 Å². The average Bonchev–Trinajstić information content (AvgIpc) is 3.07. The maximum absolute atomic E-state index is 12.9. The number of anilines is 1. The van der Waals surface area contributed by atoms with Crippen LogP contribution in [0, 0.1) is 0 Å². The van der Waals surface area contributed by atoms with Gasteiger partial charge in [0.1, 0.15) is 5.75 Å². The maximum atomic E-state index is 12.9. The first-order valence-corrected chi connectivity index (χ1v) is 9.36. The minimum absolute atomic E-state index is 0.0249. The van der Waals surface area contributed by atoms with E-state index in [0.29, 0.717) is 24.7 Å². The van der Waals surface area contributed by atoms with E-state index >= 15 is 0 Å². The Morgan fingerprint density at radius 3 is 2.78 bits per heavy atom. The largest absolute Gasteiger partial charge is 0.495 e. The van der Waals surface area contributed by atoms with Crippen LogP contribution in [0.15, 0.2) is 42.5 Å². The number of hydrogen-bond donors (Lipinski definition) is 1. The van der Waals surface area contributed by atoms with Crippen LogP contribution < -0.4 is 19.5 Å². The molecule has 0 aliphatic carbocycles. The summed E-state index contributed by atoms with van der Waals surface area (Å²) in [5.74, 6) is 2.19. The highest BCUT2D eigenvalue weighted by Crippen LogP contribution is 2.38. The van der Waals surface area contributed by atoms with Gasteiger partial charge in [0, 0.05) is 13.0 Å². The number of rotatable bonds is 3. The van der Waals surface area contributed by atoms with Gasteiger partial charge in [0.05, 0.1) is 32.1 Å². The second kappa shape index (κ2) is 7.78. The highest BCUT2D eigenvalue weighted by molar-refractivity contribution is 5.91. The fourth-order valence-corrected chi connectivity index (χ4v) is 3.68. The molecule has 2 amide bonds. The van der Waals surface area contributed by atoms with Gasteiger partial charge in [-0.3, -0.25) is 0 Å². The molecule has 0 radical (unpaired) electrons. The first-order chi connectivity index (χ1) is 13.3. The number of nitrogens with zero attached hydrogens (tertiary/aromatic N) is 1. The fraction of sp³-hybridized carbons (Fsp3) is 0.381. The number of ether oxygens (including phenoxy) is 3. The first-order valence-electron chi connectivity index (χ1n) is 9.36. The lowest BCUT2D eigenvalue weighted by atomic mass is 10.0. The molecule has 6 nitrogen and oxygen atoms in total. The predicted molar refractivity (Wildman–Crippen MR) is 103 cm³/mol. The molecule has 0 saturated carbocycles. The Morgan fingerprint density at radius 2 is 1.93 bits per heavy atom. The quantitative estimate of drug-likeness (QED) is 0.881. The van der Waals surface area contributed by atoms with Gasteiger partial charge in [0.15, 0.2) is 11.5 Å². The van der Waals surface area contributed by atoms with Gasteiger partial charge in [-0.1, -0.05) is 18.2 Å². The third-order valence-corrected chi connectivity index (χ3v) is 5.02. The zero-order valence-corrected chi connectivity index (χ0v) is 15.4. The van der Waals surface area contributed by atoms with Crippen molar-refractivity contribution in [3.63, 3.8) is 0 Å². The van der Waals surface area contributed by atoms with Gasteiger partial charge >= 0.3 is 6.03 Å². The Morgan fingerprint density at radius 1 is 1.11 bits per heavy atom. The summed E-state index contributed by atoms with van der Waals surface area (Å²) in [6.45, 7) is 2.04. The summed E-state index contributed by atoms with van der Waals surface area (Å²) in [6, 6.07) is 13.3. The van der Waals surface area contributed by atoms with E-state index in [1.54, 1.807) is 7.11 Å². The van der Waals surface area contributed by atoms with E-state index in [1.165, 1.54) is 0 Å². The van der Waals surface area contributed by atoms with Crippen molar-refractivity contribution in [2.75, 3.05) is 32.2 Å². The van der Waals surface area contributed by atoms with Gasteiger partial charge in [-0.05, 0) is 42.7 Å². The molecule has 2 aromatic carbocycles. The number of carbonyl (C=O) groups excluding carboxylic acids is 1. The third-order valence-electron chi connectivity index (χ3n) is 5.02. The second-order valence-electron chi connectivity index (χ2n) is 6.74. The highest BCUT2D eigenvalue weighted by Gasteiger charge is 2.31. The summed E-state index contributed by atoms with van der Waals surface area (Å²) in [7, 11) is 1.60. The van der Waals surface area contributed by atoms with Crippen LogP contribution in [0.4, 0.5) is 10.5 Å². The van der Waals surface area contributed by atoms with E-state index in [-0.39, 0.29) is 12.1 Å². The predicted octanol–water partition coefficient (Wildman–Crippen LogP) is 4.23. The number of nitrogens with one attached hydrogen (secondary N) is 1. The van der Waals surface area contributed by atoms with Crippen LogP contribution in [-0.4, -0.2) is 37.8 Å². The molecule has 0 spiro atoms. The Kier molecular flexibility index (Phi) is 5.05. The summed E-state index contributed by atoms with van der Waals surface area (Å²) < 4.78 is 16.9. The normalized spacial score (nSPS) is 18.7. The van der Waals surface area contributed by atoms with Gasteiger partial charge in [-0.2, -0.15) is 0 Å². The van der Waals surface area contributed by atoms with Crippen LogP contribution in [0.3, 0.4) is 0 Å². The SMILES string of the molecule is COc1ccccc1NC(=O)N1CCC[C@H]1c1ccc2c(c1)OCCCO2. The molecule has 6 heteroatoms. The number of hydrogen-bond acceptors (Lipinski definition) is 4. The summed E-state index contributed by atoms with van der Waals surface area (Å²) in [5, 5.41) is 2.98. The van der Waals surface area contributed by atoms with Gasteiger partial charge in [-0.25, -0.2) is 4.79 Å². The van der Waals surface area contributed by atoms with E-state index < -0.39 is 0 Å². The summed E-state index contributed by atoms with van der Waals surface area (Å²) >= 11 is 0. The molecule has 2 aliphatic rings. The molecule has 27 heavy (non-hydrogen) atoms. The Bertz CT molecular complexity index is 824. The number of amides is 2. The molecule has 0 unspecified atom stereocenters. The molecule has 1 atom stereocenters. The van der Waals surface area contributed by atoms with Crippen molar-refractivity contribution in [2.45, 2.75) is 25.3 Å². The van der Waals surface area contributed by atoms with Crippen molar-refractivity contribution in [1.29, 1.82) is 0 Å². The van der Waals surface area contributed by atoms with Crippen LogP contribution in [0.25, 0.3) is 0 Å². The number of methoxy groups -OCH3 is 1. The van der Waals surface area contributed by atoms with Crippen LogP contribution in [-0.2, 0) is 0 Å². The fourth-order valence-electron chi connectivity index (χ4n) is 3.68. The van der Waals surface area contributed by atoms with Crippen molar-refractivity contribution in [3.05, 3.63) is 48.0 Å². The monoisotopic (exact) mass is 368 g/mol. The molecule has 1 N–H and O–H groups in total. The van der Waals surface area contributed by atoms with E-state index in [2.05, 4.69) is 5.32 Å². The number of fused-ring (bicyclic) bond motifs is 1. The summed E-state index contributed by atoms with van der Waals surface area (Å²) in [6.07, 6.45) is 2.78. The van der Waals surface area contributed by atoms with Gasteiger partial charge in [-0.15, -0.1) is 0 Å². The van der Waals surface area contributed by atoms with Crippen LogP contribution in [0.1, 0.15) is 30.9 Å².